The smallest absolute Gasteiger partial charge is 0.350 e. The monoisotopic (exact) mass is 284 g/mol. The van der Waals surface area contributed by atoms with Gasteiger partial charge in [-0.2, -0.15) is 0 Å². The summed E-state index contributed by atoms with van der Waals surface area (Å²) in [7, 11) is 1.75. The molecule has 0 aromatic carbocycles. The van der Waals surface area contributed by atoms with E-state index in [2.05, 4.69) is 10.3 Å². The number of anilines is 1. The molecule has 2 atom stereocenters. The van der Waals surface area contributed by atoms with Gasteiger partial charge in [0.2, 0.25) is 0 Å². The molecule has 106 valence electrons. The summed E-state index contributed by atoms with van der Waals surface area (Å²) in [5, 5.41) is 4.18. The third kappa shape index (κ3) is 3.45. The lowest BCUT2D eigenvalue weighted by Gasteiger charge is -2.11. The number of rotatable bonds is 5. The lowest BCUT2D eigenvalue weighted by atomic mass is 10.2. The van der Waals surface area contributed by atoms with Gasteiger partial charge in [-0.1, -0.05) is 11.3 Å². The van der Waals surface area contributed by atoms with Crippen molar-refractivity contribution in [2.75, 3.05) is 19.0 Å². The van der Waals surface area contributed by atoms with Crippen LogP contribution in [-0.4, -0.2) is 36.8 Å². The lowest BCUT2D eigenvalue weighted by molar-refractivity contribution is 0.0531. The highest BCUT2D eigenvalue weighted by molar-refractivity contribution is 7.17. The lowest BCUT2D eigenvalue weighted by Crippen LogP contribution is -2.17. The van der Waals surface area contributed by atoms with Gasteiger partial charge in [0.05, 0.1) is 18.4 Å². The number of carbonyl (C=O) groups is 1. The predicted molar refractivity (Wildman–Crippen MR) is 74.9 cm³/mol. The first-order valence-corrected chi connectivity index (χ1v) is 7.39. The molecule has 5 nitrogen and oxygen atoms in total. The molecule has 0 spiro atoms. The number of hydrogen-bond donors (Lipinski definition) is 1. The van der Waals surface area contributed by atoms with Crippen LogP contribution in [0.2, 0.25) is 0 Å². The minimum absolute atomic E-state index is 0.285. The number of carbonyl (C=O) groups excluding carboxylic acids is 1. The Morgan fingerprint density at radius 3 is 2.95 bits per heavy atom. The van der Waals surface area contributed by atoms with E-state index in [1.54, 1.807) is 14.0 Å². The molecule has 19 heavy (non-hydrogen) atoms. The highest BCUT2D eigenvalue weighted by atomic mass is 32.1. The number of aryl methyl sites for hydroxylation is 1. The predicted octanol–water partition coefficient (Wildman–Crippen LogP) is 2.61. The Labute approximate surface area is 117 Å². The second kappa shape index (κ2) is 6.34. The van der Waals surface area contributed by atoms with Crippen molar-refractivity contribution in [1.82, 2.24) is 4.98 Å². The van der Waals surface area contributed by atoms with Crippen LogP contribution in [0, 0.1) is 6.92 Å². The molecule has 1 N–H and O–H groups in total. The number of nitrogens with one attached hydrogen (secondary N) is 1. The van der Waals surface area contributed by atoms with Crippen LogP contribution in [0.1, 0.15) is 41.6 Å². The SMILES string of the molecule is CCOC(=O)c1sc(NC2CCC(OC)C2)nc1C. The highest BCUT2D eigenvalue weighted by Gasteiger charge is 2.25. The number of aromatic nitrogens is 1. The van der Waals surface area contributed by atoms with Gasteiger partial charge in [0, 0.05) is 13.2 Å². The first kappa shape index (κ1) is 14.3. The van der Waals surface area contributed by atoms with Gasteiger partial charge < -0.3 is 14.8 Å². The molecule has 0 aliphatic heterocycles. The van der Waals surface area contributed by atoms with Gasteiger partial charge in [-0.3, -0.25) is 0 Å². The van der Waals surface area contributed by atoms with Crippen molar-refractivity contribution in [2.45, 2.75) is 45.3 Å². The van der Waals surface area contributed by atoms with Gasteiger partial charge in [-0.15, -0.1) is 0 Å². The molecule has 1 aromatic rings. The molecule has 1 aliphatic rings. The Kier molecular flexibility index (Phi) is 4.76. The van der Waals surface area contributed by atoms with Gasteiger partial charge in [-0.25, -0.2) is 9.78 Å². The maximum absolute atomic E-state index is 11.7. The van der Waals surface area contributed by atoms with E-state index in [0.717, 1.165) is 30.1 Å². The first-order valence-electron chi connectivity index (χ1n) is 6.58. The first-order chi connectivity index (χ1) is 9.13. The molecular weight excluding hydrogens is 264 g/mol. The summed E-state index contributed by atoms with van der Waals surface area (Å²) < 4.78 is 10.4. The molecule has 1 fully saturated rings. The van der Waals surface area contributed by atoms with Crippen molar-refractivity contribution >= 4 is 22.4 Å². The molecule has 6 heteroatoms. The molecule has 0 amide bonds. The number of esters is 1. The third-order valence-electron chi connectivity index (χ3n) is 3.30. The number of hydrogen-bond acceptors (Lipinski definition) is 6. The maximum Gasteiger partial charge on any atom is 0.350 e. The van der Waals surface area contributed by atoms with E-state index < -0.39 is 0 Å². The number of methoxy groups -OCH3 is 1. The van der Waals surface area contributed by atoms with Crippen LogP contribution in [0.4, 0.5) is 5.13 Å². The van der Waals surface area contributed by atoms with E-state index in [9.17, 15) is 4.79 Å². The summed E-state index contributed by atoms with van der Waals surface area (Å²) in [4.78, 5) is 16.7. The van der Waals surface area contributed by atoms with E-state index in [0.29, 0.717) is 23.6 Å². The Morgan fingerprint density at radius 1 is 1.53 bits per heavy atom. The molecular formula is C13H20N2O3S. The Balaban J connectivity index is 1.98. The fourth-order valence-corrected chi connectivity index (χ4v) is 3.24. The van der Waals surface area contributed by atoms with Gasteiger partial charge in [0.15, 0.2) is 5.13 Å². The van der Waals surface area contributed by atoms with E-state index in [1.807, 2.05) is 6.92 Å². The minimum Gasteiger partial charge on any atom is -0.462 e. The molecule has 1 aromatic heterocycles. The Bertz CT molecular complexity index is 447. The Morgan fingerprint density at radius 2 is 2.32 bits per heavy atom. The molecule has 2 rings (SSSR count). The summed E-state index contributed by atoms with van der Waals surface area (Å²) in [6, 6.07) is 0.380. The zero-order valence-corrected chi connectivity index (χ0v) is 12.4. The van der Waals surface area contributed by atoms with E-state index in [-0.39, 0.29) is 5.97 Å². The van der Waals surface area contributed by atoms with Crippen molar-refractivity contribution in [2.24, 2.45) is 0 Å². The van der Waals surface area contributed by atoms with Crippen molar-refractivity contribution in [3.63, 3.8) is 0 Å². The highest BCUT2D eigenvalue weighted by Crippen LogP contribution is 2.28. The summed E-state index contributed by atoms with van der Waals surface area (Å²) in [6.07, 6.45) is 3.47. The minimum atomic E-state index is -0.285. The fourth-order valence-electron chi connectivity index (χ4n) is 2.30. The molecule has 0 saturated heterocycles. The molecule has 0 bridgehead atoms. The summed E-state index contributed by atoms with van der Waals surface area (Å²) in [5.74, 6) is -0.285. The van der Waals surface area contributed by atoms with E-state index in [4.69, 9.17) is 9.47 Å². The largest absolute Gasteiger partial charge is 0.462 e. The normalized spacial score (nSPS) is 22.5. The topological polar surface area (TPSA) is 60.5 Å². The van der Waals surface area contributed by atoms with E-state index >= 15 is 0 Å². The van der Waals surface area contributed by atoms with Crippen LogP contribution >= 0.6 is 11.3 Å². The van der Waals surface area contributed by atoms with Crippen molar-refractivity contribution in [3.8, 4) is 0 Å². The van der Waals surface area contributed by atoms with Crippen LogP contribution in [0.25, 0.3) is 0 Å². The summed E-state index contributed by atoms with van der Waals surface area (Å²) in [5.41, 5.74) is 0.729. The number of thiazole rings is 1. The van der Waals surface area contributed by atoms with Crippen LogP contribution in [0.15, 0.2) is 0 Å². The van der Waals surface area contributed by atoms with Crippen molar-refractivity contribution < 1.29 is 14.3 Å². The zero-order chi connectivity index (χ0) is 13.8. The van der Waals surface area contributed by atoms with E-state index in [1.165, 1.54) is 11.3 Å². The van der Waals surface area contributed by atoms with Crippen LogP contribution in [0.3, 0.4) is 0 Å². The van der Waals surface area contributed by atoms with Gasteiger partial charge >= 0.3 is 5.97 Å². The van der Waals surface area contributed by atoms with Crippen LogP contribution < -0.4 is 5.32 Å². The molecule has 1 saturated carbocycles. The maximum atomic E-state index is 11.7. The van der Waals surface area contributed by atoms with Crippen LogP contribution in [-0.2, 0) is 9.47 Å². The van der Waals surface area contributed by atoms with Gasteiger partial charge in [0.1, 0.15) is 4.88 Å². The molecule has 1 heterocycles. The summed E-state index contributed by atoms with van der Waals surface area (Å²) in [6.45, 7) is 4.02. The third-order valence-corrected chi connectivity index (χ3v) is 4.37. The standard InChI is InChI=1S/C13H20N2O3S/c1-4-18-12(16)11-8(2)14-13(19-11)15-9-5-6-10(7-9)17-3/h9-10H,4-7H2,1-3H3,(H,14,15). The number of ether oxygens (including phenoxy) is 2. The fraction of sp³-hybridized carbons (Fsp3) is 0.692. The Hall–Kier alpha value is -1.14. The van der Waals surface area contributed by atoms with Gasteiger partial charge in [0.25, 0.3) is 0 Å². The second-order valence-electron chi connectivity index (χ2n) is 4.67. The van der Waals surface area contributed by atoms with Crippen molar-refractivity contribution in [3.05, 3.63) is 10.6 Å². The molecule has 1 aliphatic carbocycles. The second-order valence-corrected chi connectivity index (χ2v) is 5.67. The zero-order valence-electron chi connectivity index (χ0n) is 11.6. The van der Waals surface area contributed by atoms with Crippen molar-refractivity contribution in [1.29, 1.82) is 0 Å². The summed E-state index contributed by atoms with van der Waals surface area (Å²) >= 11 is 1.37. The average Bonchev–Trinajstić information content (AvgIpc) is 2.97. The number of nitrogens with zero attached hydrogens (tertiary/aromatic N) is 1. The average molecular weight is 284 g/mol. The van der Waals surface area contributed by atoms with Gasteiger partial charge in [-0.05, 0) is 33.1 Å². The molecule has 2 unspecified atom stereocenters. The molecule has 0 radical (unpaired) electrons. The van der Waals surface area contributed by atoms with Crippen LogP contribution in [0.5, 0.6) is 0 Å². The quantitative estimate of drug-likeness (QED) is 0.842.